The number of benzene rings is 1. The van der Waals surface area contributed by atoms with Crippen LogP contribution in [0.3, 0.4) is 0 Å². The summed E-state index contributed by atoms with van der Waals surface area (Å²) in [4.78, 5) is 4.19. The lowest BCUT2D eigenvalue weighted by Gasteiger charge is -1.97. The molecule has 0 amide bonds. The Labute approximate surface area is 87.1 Å². The maximum atomic E-state index is 12.8. The van der Waals surface area contributed by atoms with Gasteiger partial charge in [-0.1, -0.05) is 0 Å². The van der Waals surface area contributed by atoms with Gasteiger partial charge in [0.25, 0.3) is 0 Å². The Hall–Kier alpha value is -1.13. The van der Waals surface area contributed by atoms with Crippen LogP contribution in [0.4, 0.5) is 4.39 Å². The fraction of sp³-hybridized carbons (Fsp3) is 0.222. The molecule has 0 aliphatic rings. The third kappa shape index (κ3) is 1.58. The maximum Gasteiger partial charge on any atom is 0.125 e. The lowest BCUT2D eigenvalue weighted by Crippen LogP contribution is -2.04. The largest absolute Gasteiger partial charge is 0.330 e. The monoisotopic (exact) mass is 215 g/mol. The van der Waals surface area contributed by atoms with E-state index in [1.165, 1.54) is 12.1 Å². The molecule has 0 aliphatic heterocycles. The zero-order valence-electron chi connectivity index (χ0n) is 7.70. The van der Waals surface area contributed by atoms with E-state index in [-0.39, 0.29) is 18.2 Å². The molecule has 0 bridgehead atoms. The summed E-state index contributed by atoms with van der Waals surface area (Å²) in [6.07, 6.45) is 0. The van der Waals surface area contributed by atoms with Gasteiger partial charge in [-0.05, 0) is 12.1 Å². The summed E-state index contributed by atoms with van der Waals surface area (Å²) >= 11 is 0. The highest BCUT2D eigenvalue weighted by molar-refractivity contribution is 5.85. The Morgan fingerprint density at radius 2 is 2.21 bits per heavy atom. The number of aromatic nitrogens is 2. The summed E-state index contributed by atoms with van der Waals surface area (Å²) in [7, 11) is 1.87. The van der Waals surface area contributed by atoms with Crippen LogP contribution in [0, 0.1) is 5.82 Å². The van der Waals surface area contributed by atoms with Gasteiger partial charge < -0.3 is 10.3 Å². The number of fused-ring (bicyclic) bond motifs is 1. The van der Waals surface area contributed by atoms with Crippen molar-refractivity contribution in [1.29, 1.82) is 0 Å². The van der Waals surface area contributed by atoms with E-state index in [0.29, 0.717) is 12.1 Å². The van der Waals surface area contributed by atoms with Crippen molar-refractivity contribution in [2.45, 2.75) is 6.54 Å². The average Bonchev–Trinajstić information content (AvgIpc) is 2.42. The van der Waals surface area contributed by atoms with E-state index < -0.39 is 0 Å². The molecule has 0 saturated heterocycles. The molecule has 3 nitrogen and oxygen atoms in total. The molecule has 76 valence electrons. The van der Waals surface area contributed by atoms with Gasteiger partial charge in [-0.2, -0.15) is 0 Å². The highest BCUT2D eigenvalue weighted by Crippen LogP contribution is 2.15. The zero-order valence-corrected chi connectivity index (χ0v) is 8.51. The fourth-order valence-electron chi connectivity index (χ4n) is 1.41. The number of halogens is 2. The quantitative estimate of drug-likeness (QED) is 0.785. The summed E-state index contributed by atoms with van der Waals surface area (Å²) in [5.41, 5.74) is 7.04. The van der Waals surface area contributed by atoms with E-state index in [9.17, 15) is 4.39 Å². The molecule has 2 rings (SSSR count). The molecular formula is C9H11ClFN3. The second kappa shape index (κ2) is 3.94. The Morgan fingerprint density at radius 3 is 2.86 bits per heavy atom. The molecule has 1 aromatic heterocycles. The second-order valence-corrected chi connectivity index (χ2v) is 2.92. The molecule has 2 N–H and O–H groups in total. The van der Waals surface area contributed by atoms with Crippen LogP contribution in [-0.4, -0.2) is 9.55 Å². The molecule has 0 fully saturated rings. The molecule has 0 aliphatic carbocycles. The van der Waals surface area contributed by atoms with Gasteiger partial charge in [0.15, 0.2) is 0 Å². The summed E-state index contributed by atoms with van der Waals surface area (Å²) < 4.78 is 14.7. The molecule has 0 unspecified atom stereocenters. The van der Waals surface area contributed by atoms with Gasteiger partial charge in [0, 0.05) is 13.1 Å². The topological polar surface area (TPSA) is 43.8 Å². The number of rotatable bonds is 1. The van der Waals surface area contributed by atoms with Gasteiger partial charge in [-0.3, -0.25) is 0 Å². The first-order valence-corrected chi connectivity index (χ1v) is 4.03. The highest BCUT2D eigenvalue weighted by Gasteiger charge is 2.05. The van der Waals surface area contributed by atoms with Crippen molar-refractivity contribution >= 4 is 23.4 Å². The van der Waals surface area contributed by atoms with Gasteiger partial charge in [0.05, 0.1) is 17.6 Å². The molecule has 2 aromatic rings. The third-order valence-corrected chi connectivity index (χ3v) is 2.12. The lowest BCUT2D eigenvalue weighted by atomic mass is 10.3. The van der Waals surface area contributed by atoms with Gasteiger partial charge in [0.1, 0.15) is 11.6 Å². The average molecular weight is 216 g/mol. The fourth-order valence-corrected chi connectivity index (χ4v) is 1.41. The van der Waals surface area contributed by atoms with Crippen LogP contribution in [0.5, 0.6) is 0 Å². The SMILES string of the molecule is Cl.Cn1c(CN)nc2cc(F)ccc21. The summed E-state index contributed by atoms with van der Waals surface area (Å²) in [5.74, 6) is 0.495. The minimum Gasteiger partial charge on any atom is -0.330 e. The van der Waals surface area contributed by atoms with Crippen molar-refractivity contribution in [2.24, 2.45) is 12.8 Å². The van der Waals surface area contributed by atoms with Gasteiger partial charge in [-0.15, -0.1) is 12.4 Å². The predicted octanol–water partition coefficient (Wildman–Crippen LogP) is 1.59. The van der Waals surface area contributed by atoms with Crippen molar-refractivity contribution < 1.29 is 4.39 Å². The Kier molecular flexibility index (Phi) is 3.08. The number of hydrogen-bond acceptors (Lipinski definition) is 2. The van der Waals surface area contributed by atoms with Gasteiger partial charge in [-0.25, -0.2) is 9.37 Å². The van der Waals surface area contributed by atoms with E-state index in [2.05, 4.69) is 4.98 Å². The highest BCUT2D eigenvalue weighted by atomic mass is 35.5. The zero-order chi connectivity index (χ0) is 9.42. The van der Waals surface area contributed by atoms with Crippen molar-refractivity contribution in [3.63, 3.8) is 0 Å². The standard InChI is InChI=1S/C9H10FN3.ClH/c1-13-8-3-2-6(10)4-7(8)12-9(13)5-11;/h2-4H,5,11H2,1H3;1H. The number of aryl methyl sites for hydroxylation is 1. The molecule has 1 aromatic carbocycles. The number of nitrogens with zero attached hydrogens (tertiary/aromatic N) is 2. The predicted molar refractivity (Wildman–Crippen MR) is 55.8 cm³/mol. The molecular weight excluding hydrogens is 205 g/mol. The first kappa shape index (κ1) is 10.9. The number of nitrogens with two attached hydrogens (primary N) is 1. The molecule has 14 heavy (non-hydrogen) atoms. The van der Waals surface area contributed by atoms with Crippen molar-refractivity contribution in [1.82, 2.24) is 9.55 Å². The van der Waals surface area contributed by atoms with Crippen LogP contribution in [0.1, 0.15) is 5.82 Å². The van der Waals surface area contributed by atoms with Crippen LogP contribution < -0.4 is 5.73 Å². The summed E-state index contributed by atoms with van der Waals surface area (Å²) in [6, 6.07) is 4.54. The van der Waals surface area contributed by atoms with Crippen LogP contribution in [0.2, 0.25) is 0 Å². The molecule has 0 spiro atoms. The molecule has 0 atom stereocenters. The first-order chi connectivity index (χ1) is 6.22. The van der Waals surface area contributed by atoms with Crippen LogP contribution in [-0.2, 0) is 13.6 Å². The first-order valence-electron chi connectivity index (χ1n) is 4.03. The Morgan fingerprint density at radius 1 is 1.50 bits per heavy atom. The number of imidazole rings is 1. The smallest absolute Gasteiger partial charge is 0.125 e. The van der Waals surface area contributed by atoms with E-state index in [1.807, 2.05) is 11.6 Å². The summed E-state index contributed by atoms with van der Waals surface area (Å²) in [6.45, 7) is 0.368. The van der Waals surface area contributed by atoms with Crippen molar-refractivity contribution in [2.75, 3.05) is 0 Å². The molecule has 5 heteroatoms. The van der Waals surface area contributed by atoms with Crippen LogP contribution in [0.15, 0.2) is 18.2 Å². The minimum atomic E-state index is -0.269. The van der Waals surface area contributed by atoms with E-state index in [4.69, 9.17) is 5.73 Å². The van der Waals surface area contributed by atoms with Gasteiger partial charge in [0.2, 0.25) is 0 Å². The molecule has 0 saturated carbocycles. The molecule has 1 heterocycles. The van der Waals surface area contributed by atoms with Crippen LogP contribution >= 0.6 is 12.4 Å². The van der Waals surface area contributed by atoms with E-state index >= 15 is 0 Å². The summed E-state index contributed by atoms with van der Waals surface area (Å²) in [5, 5.41) is 0. The molecule has 0 radical (unpaired) electrons. The van der Waals surface area contributed by atoms with Crippen molar-refractivity contribution in [3.05, 3.63) is 29.8 Å². The van der Waals surface area contributed by atoms with Crippen molar-refractivity contribution in [3.8, 4) is 0 Å². The second-order valence-electron chi connectivity index (χ2n) is 2.92. The lowest BCUT2D eigenvalue weighted by molar-refractivity contribution is 0.629. The normalized spacial score (nSPS) is 10.2. The number of hydrogen-bond donors (Lipinski definition) is 1. The Bertz CT molecular complexity index is 452. The van der Waals surface area contributed by atoms with Gasteiger partial charge >= 0.3 is 0 Å². The Balaban J connectivity index is 0.000000980. The minimum absolute atomic E-state index is 0. The third-order valence-electron chi connectivity index (χ3n) is 2.12. The van der Waals surface area contributed by atoms with E-state index in [0.717, 1.165) is 11.3 Å². The van der Waals surface area contributed by atoms with Crippen LogP contribution in [0.25, 0.3) is 11.0 Å². The van der Waals surface area contributed by atoms with E-state index in [1.54, 1.807) is 6.07 Å². The maximum absolute atomic E-state index is 12.8.